The van der Waals surface area contributed by atoms with Gasteiger partial charge in [0.15, 0.2) is 0 Å². The van der Waals surface area contributed by atoms with Gasteiger partial charge < -0.3 is 9.84 Å². The highest BCUT2D eigenvalue weighted by molar-refractivity contribution is 5.96. The zero-order valence-electron chi connectivity index (χ0n) is 15.6. The van der Waals surface area contributed by atoms with E-state index in [-0.39, 0.29) is 16.8 Å². The van der Waals surface area contributed by atoms with E-state index >= 15 is 0 Å². The molecule has 0 amide bonds. The third-order valence-electron chi connectivity index (χ3n) is 6.05. The summed E-state index contributed by atoms with van der Waals surface area (Å²) in [4.78, 5) is 25.1. The molecule has 4 heteroatoms. The molecule has 132 valence electrons. The number of rotatable bonds is 2. The van der Waals surface area contributed by atoms with Crippen molar-refractivity contribution in [3.05, 3.63) is 22.8 Å². The number of carbonyl (C=O) groups excluding carboxylic acids is 1. The van der Waals surface area contributed by atoms with Crippen LogP contribution in [-0.4, -0.2) is 24.2 Å². The van der Waals surface area contributed by atoms with Gasteiger partial charge in [0.2, 0.25) is 0 Å². The van der Waals surface area contributed by atoms with Crippen LogP contribution in [0.5, 0.6) is 0 Å². The monoisotopic (exact) mass is 332 g/mol. The summed E-state index contributed by atoms with van der Waals surface area (Å²) in [6, 6.07) is 0. The highest BCUT2D eigenvalue weighted by Gasteiger charge is 2.61. The third-order valence-corrected chi connectivity index (χ3v) is 6.05. The minimum Gasteiger partial charge on any atom is -0.481 e. The molecule has 0 saturated heterocycles. The van der Waals surface area contributed by atoms with Gasteiger partial charge in [-0.05, 0) is 47.7 Å². The lowest BCUT2D eigenvalue weighted by Gasteiger charge is -2.54. The van der Waals surface area contributed by atoms with Crippen molar-refractivity contribution >= 4 is 11.9 Å². The second-order valence-corrected chi connectivity index (χ2v) is 9.71. The van der Waals surface area contributed by atoms with E-state index < -0.39 is 16.8 Å². The first-order chi connectivity index (χ1) is 10.9. The molecule has 3 aliphatic carbocycles. The number of fused-ring (bicyclic) bond motifs is 4. The Bertz CT molecular complexity index is 694. The zero-order chi connectivity index (χ0) is 18.1. The molecule has 2 atom stereocenters. The molecule has 24 heavy (non-hydrogen) atoms. The number of aliphatic carboxylic acids is 1. The molecule has 1 fully saturated rings. The Labute approximate surface area is 144 Å². The van der Waals surface area contributed by atoms with Crippen LogP contribution in [0.4, 0.5) is 0 Å². The Kier molecular flexibility index (Phi) is 3.41. The second-order valence-electron chi connectivity index (χ2n) is 9.71. The van der Waals surface area contributed by atoms with Gasteiger partial charge in [-0.15, -0.1) is 0 Å². The van der Waals surface area contributed by atoms with E-state index in [0.29, 0.717) is 24.8 Å². The van der Waals surface area contributed by atoms with Crippen LogP contribution in [0.25, 0.3) is 0 Å². The number of hydrogen-bond acceptors (Lipinski definition) is 3. The molecule has 4 nitrogen and oxygen atoms in total. The summed E-state index contributed by atoms with van der Waals surface area (Å²) in [5.74, 6) is -1.19. The van der Waals surface area contributed by atoms with E-state index in [1.54, 1.807) is 0 Å². The number of carboxylic acid groups (broad SMARTS) is 1. The molecule has 2 unspecified atom stereocenters. The molecule has 2 bridgehead atoms. The fourth-order valence-electron chi connectivity index (χ4n) is 6.05. The van der Waals surface area contributed by atoms with Gasteiger partial charge in [0.25, 0.3) is 0 Å². The molecular formula is C20H28O4. The van der Waals surface area contributed by atoms with E-state index in [4.69, 9.17) is 4.74 Å². The first-order valence-electron chi connectivity index (χ1n) is 8.65. The van der Waals surface area contributed by atoms with Crippen molar-refractivity contribution < 1.29 is 19.4 Å². The van der Waals surface area contributed by atoms with E-state index in [9.17, 15) is 14.7 Å². The summed E-state index contributed by atoms with van der Waals surface area (Å²) in [5, 5.41) is 10.3. The molecule has 0 spiro atoms. The molecule has 0 aromatic heterocycles. The van der Waals surface area contributed by atoms with Gasteiger partial charge in [-0.25, -0.2) is 4.79 Å². The molecule has 1 N–H and O–H groups in total. The summed E-state index contributed by atoms with van der Waals surface area (Å²) >= 11 is 0. The van der Waals surface area contributed by atoms with E-state index in [2.05, 4.69) is 26.8 Å². The lowest BCUT2D eigenvalue weighted by Crippen LogP contribution is -2.50. The molecule has 0 aliphatic heterocycles. The molecule has 3 rings (SSSR count). The minimum absolute atomic E-state index is 0.0889. The van der Waals surface area contributed by atoms with Gasteiger partial charge in [0.1, 0.15) is 0 Å². The SMILES string of the molecule is COC(=O)C1=C2C(=CC3(C)CC(C)(C)CC2(C(=O)O)C3)CC1(C)C. The Morgan fingerprint density at radius 3 is 2.25 bits per heavy atom. The lowest BCUT2D eigenvalue weighted by atomic mass is 9.49. The highest BCUT2D eigenvalue weighted by Crippen LogP contribution is 2.66. The summed E-state index contributed by atoms with van der Waals surface area (Å²) in [5.41, 5.74) is 0.754. The zero-order valence-corrected chi connectivity index (χ0v) is 15.6. The molecule has 0 radical (unpaired) electrons. The van der Waals surface area contributed by atoms with Crippen LogP contribution >= 0.6 is 0 Å². The average Bonchev–Trinajstić information content (AvgIpc) is 2.65. The van der Waals surface area contributed by atoms with Crippen LogP contribution in [0.2, 0.25) is 0 Å². The van der Waals surface area contributed by atoms with Gasteiger partial charge in [0, 0.05) is 11.0 Å². The summed E-state index contributed by atoms with van der Waals surface area (Å²) in [6.45, 7) is 10.5. The number of carboxylic acids is 1. The normalized spacial score (nSPS) is 36.0. The standard InChI is InChI=1S/C20H28O4/c1-17(2)9-19(5)8-12-7-18(3,4)14(15(21)24-6)13(12)20(10-17,11-19)16(22)23/h8H,7,9-11H2,1-6H3,(H,22,23). The van der Waals surface area contributed by atoms with Crippen molar-refractivity contribution in [3.8, 4) is 0 Å². The molecular weight excluding hydrogens is 304 g/mol. The fourth-order valence-corrected chi connectivity index (χ4v) is 6.05. The lowest BCUT2D eigenvalue weighted by molar-refractivity contribution is -0.154. The molecule has 0 aromatic rings. The first-order valence-corrected chi connectivity index (χ1v) is 8.65. The van der Waals surface area contributed by atoms with E-state index in [0.717, 1.165) is 17.6 Å². The number of carbonyl (C=O) groups is 2. The smallest absolute Gasteiger partial charge is 0.334 e. The minimum atomic E-state index is -0.988. The summed E-state index contributed by atoms with van der Waals surface area (Å²) in [7, 11) is 1.37. The van der Waals surface area contributed by atoms with Gasteiger partial charge in [-0.1, -0.05) is 40.7 Å². The van der Waals surface area contributed by atoms with Gasteiger partial charge in [-0.3, -0.25) is 4.79 Å². The average molecular weight is 332 g/mol. The summed E-state index contributed by atoms with van der Waals surface area (Å²) < 4.78 is 5.04. The number of allylic oxidation sites excluding steroid dienone is 2. The number of methoxy groups -OCH3 is 1. The Balaban J connectivity index is 2.36. The number of hydrogen-bond donors (Lipinski definition) is 1. The van der Waals surface area contributed by atoms with Gasteiger partial charge in [0.05, 0.1) is 12.5 Å². The number of esters is 1. The fraction of sp³-hybridized carbons (Fsp3) is 0.700. The van der Waals surface area contributed by atoms with Crippen LogP contribution in [0, 0.1) is 21.7 Å². The number of ether oxygens (including phenoxy) is 1. The predicted molar refractivity (Wildman–Crippen MR) is 91.3 cm³/mol. The second kappa shape index (κ2) is 4.74. The van der Waals surface area contributed by atoms with Crippen LogP contribution in [0.3, 0.4) is 0 Å². The molecule has 0 heterocycles. The third kappa shape index (κ3) is 2.26. The topological polar surface area (TPSA) is 63.6 Å². The predicted octanol–water partition coefficient (Wildman–Crippen LogP) is 4.11. The van der Waals surface area contributed by atoms with E-state index in [1.165, 1.54) is 7.11 Å². The van der Waals surface area contributed by atoms with Crippen LogP contribution in [-0.2, 0) is 14.3 Å². The molecule has 1 saturated carbocycles. The molecule has 3 aliphatic rings. The Morgan fingerprint density at radius 2 is 1.71 bits per heavy atom. The van der Waals surface area contributed by atoms with Crippen molar-refractivity contribution in [1.29, 1.82) is 0 Å². The first kappa shape index (κ1) is 17.2. The van der Waals surface area contributed by atoms with Crippen molar-refractivity contribution in [2.24, 2.45) is 21.7 Å². The maximum atomic E-state index is 12.6. The van der Waals surface area contributed by atoms with Crippen LogP contribution < -0.4 is 0 Å². The van der Waals surface area contributed by atoms with Crippen molar-refractivity contribution in [2.45, 2.75) is 60.3 Å². The largest absolute Gasteiger partial charge is 0.481 e. The quantitative estimate of drug-likeness (QED) is 0.773. The Hall–Kier alpha value is -1.58. The highest BCUT2D eigenvalue weighted by atomic mass is 16.5. The molecule has 0 aromatic carbocycles. The van der Waals surface area contributed by atoms with Crippen molar-refractivity contribution in [3.63, 3.8) is 0 Å². The maximum absolute atomic E-state index is 12.6. The van der Waals surface area contributed by atoms with Crippen LogP contribution in [0.15, 0.2) is 22.8 Å². The van der Waals surface area contributed by atoms with Crippen LogP contribution in [0.1, 0.15) is 60.3 Å². The van der Waals surface area contributed by atoms with Crippen molar-refractivity contribution in [1.82, 2.24) is 0 Å². The Morgan fingerprint density at radius 1 is 1.08 bits per heavy atom. The van der Waals surface area contributed by atoms with E-state index in [1.807, 2.05) is 13.8 Å². The van der Waals surface area contributed by atoms with Gasteiger partial charge in [-0.2, -0.15) is 0 Å². The van der Waals surface area contributed by atoms with Crippen molar-refractivity contribution in [2.75, 3.05) is 7.11 Å². The van der Waals surface area contributed by atoms with Gasteiger partial charge >= 0.3 is 11.9 Å². The maximum Gasteiger partial charge on any atom is 0.334 e. The summed E-state index contributed by atoms with van der Waals surface area (Å²) in [6.07, 6.45) is 5.06.